The van der Waals surface area contributed by atoms with Crippen LogP contribution in [0.3, 0.4) is 0 Å². The average molecular weight is 288 g/mol. The fourth-order valence-electron chi connectivity index (χ4n) is 3.05. The number of rotatable bonds is 2. The first kappa shape index (κ1) is 13.9. The molecule has 2 amide bonds. The minimum Gasteiger partial charge on any atom is -0.482 e. The molecule has 1 atom stereocenters. The van der Waals surface area contributed by atoms with Crippen LogP contribution in [0, 0.1) is 5.41 Å². The van der Waals surface area contributed by atoms with Gasteiger partial charge in [0.25, 0.3) is 11.8 Å². The van der Waals surface area contributed by atoms with Crippen LogP contribution in [0.5, 0.6) is 5.75 Å². The lowest BCUT2D eigenvalue weighted by Gasteiger charge is -2.20. The summed E-state index contributed by atoms with van der Waals surface area (Å²) in [4.78, 5) is 23.6. The van der Waals surface area contributed by atoms with Crippen molar-refractivity contribution in [1.82, 2.24) is 5.32 Å². The quantitative estimate of drug-likeness (QED) is 0.877. The van der Waals surface area contributed by atoms with Crippen LogP contribution in [0.15, 0.2) is 18.2 Å². The summed E-state index contributed by atoms with van der Waals surface area (Å²) < 4.78 is 5.29. The zero-order valence-corrected chi connectivity index (χ0v) is 12.4. The lowest BCUT2D eigenvalue weighted by Crippen LogP contribution is -2.33. The second-order valence-electron chi connectivity index (χ2n) is 6.63. The molecule has 2 aliphatic rings. The van der Waals surface area contributed by atoms with Crippen molar-refractivity contribution in [2.45, 2.75) is 39.2 Å². The number of anilines is 1. The highest BCUT2D eigenvalue weighted by Gasteiger charge is 2.32. The first-order chi connectivity index (χ1) is 9.93. The van der Waals surface area contributed by atoms with Crippen molar-refractivity contribution in [2.24, 2.45) is 5.41 Å². The topological polar surface area (TPSA) is 67.4 Å². The number of fused-ring (bicyclic) bond motifs is 1. The second-order valence-corrected chi connectivity index (χ2v) is 6.63. The van der Waals surface area contributed by atoms with E-state index in [0.717, 1.165) is 19.3 Å². The summed E-state index contributed by atoms with van der Waals surface area (Å²) in [6.07, 6.45) is 3.15. The Bertz CT molecular complexity index is 595. The highest BCUT2D eigenvalue weighted by Crippen LogP contribution is 2.37. The Kier molecular flexibility index (Phi) is 3.35. The highest BCUT2D eigenvalue weighted by molar-refractivity contribution is 5.99. The average Bonchev–Trinajstić information content (AvgIpc) is 2.77. The van der Waals surface area contributed by atoms with E-state index in [4.69, 9.17) is 4.74 Å². The van der Waals surface area contributed by atoms with E-state index in [-0.39, 0.29) is 24.5 Å². The van der Waals surface area contributed by atoms with Crippen LogP contribution >= 0.6 is 0 Å². The molecule has 3 rings (SSSR count). The highest BCUT2D eigenvalue weighted by atomic mass is 16.5. The van der Waals surface area contributed by atoms with Crippen LogP contribution in [0.4, 0.5) is 5.69 Å². The van der Waals surface area contributed by atoms with Crippen molar-refractivity contribution < 1.29 is 14.3 Å². The monoisotopic (exact) mass is 288 g/mol. The van der Waals surface area contributed by atoms with Gasteiger partial charge in [-0.15, -0.1) is 0 Å². The maximum absolute atomic E-state index is 12.3. The van der Waals surface area contributed by atoms with E-state index < -0.39 is 0 Å². The van der Waals surface area contributed by atoms with Crippen molar-refractivity contribution in [3.8, 4) is 5.75 Å². The van der Waals surface area contributed by atoms with Gasteiger partial charge < -0.3 is 15.4 Å². The second kappa shape index (κ2) is 5.06. The Labute approximate surface area is 124 Å². The van der Waals surface area contributed by atoms with E-state index in [0.29, 0.717) is 22.4 Å². The van der Waals surface area contributed by atoms with E-state index in [1.54, 1.807) is 18.2 Å². The Morgan fingerprint density at radius 3 is 2.95 bits per heavy atom. The van der Waals surface area contributed by atoms with Crippen LogP contribution in [0.2, 0.25) is 0 Å². The molecule has 0 aromatic heterocycles. The standard InChI is InChI=1S/C16H20N2O3/c1-16(2)6-5-11(8-16)17-15(20)10-3-4-13-12(7-10)18-14(19)9-21-13/h3-4,7,11H,5-6,8-9H2,1-2H3,(H,17,20)(H,18,19). The molecule has 0 spiro atoms. The Balaban J connectivity index is 1.71. The Hall–Kier alpha value is -2.04. The van der Waals surface area contributed by atoms with E-state index >= 15 is 0 Å². The third kappa shape index (κ3) is 3.01. The molecule has 1 aliphatic heterocycles. The molecule has 0 radical (unpaired) electrons. The van der Waals surface area contributed by atoms with E-state index in [9.17, 15) is 9.59 Å². The molecule has 112 valence electrons. The summed E-state index contributed by atoms with van der Waals surface area (Å²) in [5.41, 5.74) is 1.41. The Morgan fingerprint density at radius 2 is 2.24 bits per heavy atom. The maximum Gasteiger partial charge on any atom is 0.262 e. The summed E-state index contributed by atoms with van der Waals surface area (Å²) >= 11 is 0. The summed E-state index contributed by atoms with van der Waals surface area (Å²) in [6.45, 7) is 4.48. The van der Waals surface area contributed by atoms with E-state index in [2.05, 4.69) is 24.5 Å². The zero-order chi connectivity index (χ0) is 15.0. The number of hydrogen-bond acceptors (Lipinski definition) is 3. The van der Waals surface area contributed by atoms with Gasteiger partial charge in [-0.2, -0.15) is 0 Å². The van der Waals surface area contributed by atoms with Gasteiger partial charge in [-0.1, -0.05) is 13.8 Å². The van der Waals surface area contributed by atoms with Crippen LogP contribution < -0.4 is 15.4 Å². The lowest BCUT2D eigenvalue weighted by atomic mass is 9.92. The van der Waals surface area contributed by atoms with Crippen molar-refractivity contribution >= 4 is 17.5 Å². The van der Waals surface area contributed by atoms with Crippen molar-refractivity contribution in [3.05, 3.63) is 23.8 Å². The molecule has 1 aromatic carbocycles. The molecule has 0 saturated heterocycles. The predicted octanol–water partition coefficient (Wildman–Crippen LogP) is 2.33. The molecule has 1 heterocycles. The summed E-state index contributed by atoms with van der Waals surface area (Å²) in [5.74, 6) is 0.311. The molecule has 5 nitrogen and oxygen atoms in total. The van der Waals surface area contributed by atoms with E-state index in [1.807, 2.05) is 0 Å². The number of carbonyl (C=O) groups is 2. The number of ether oxygens (including phenoxy) is 1. The maximum atomic E-state index is 12.3. The predicted molar refractivity (Wildman–Crippen MR) is 79.5 cm³/mol. The number of nitrogens with one attached hydrogen (secondary N) is 2. The molecular formula is C16H20N2O3. The lowest BCUT2D eigenvalue weighted by molar-refractivity contribution is -0.118. The molecule has 1 aliphatic carbocycles. The van der Waals surface area contributed by atoms with Gasteiger partial charge in [-0.3, -0.25) is 9.59 Å². The Morgan fingerprint density at radius 1 is 1.43 bits per heavy atom. The third-order valence-electron chi connectivity index (χ3n) is 4.18. The smallest absolute Gasteiger partial charge is 0.262 e. The fraction of sp³-hybridized carbons (Fsp3) is 0.500. The molecule has 1 fully saturated rings. The zero-order valence-electron chi connectivity index (χ0n) is 12.4. The van der Waals surface area contributed by atoms with E-state index in [1.165, 1.54) is 0 Å². The van der Waals surface area contributed by atoms with Crippen molar-refractivity contribution in [2.75, 3.05) is 11.9 Å². The molecule has 5 heteroatoms. The van der Waals surface area contributed by atoms with Gasteiger partial charge >= 0.3 is 0 Å². The van der Waals surface area contributed by atoms with Crippen LogP contribution in [-0.4, -0.2) is 24.5 Å². The molecule has 2 N–H and O–H groups in total. The van der Waals surface area contributed by atoms with Gasteiger partial charge in [0, 0.05) is 11.6 Å². The molecule has 1 aromatic rings. The van der Waals surface area contributed by atoms with Gasteiger partial charge in [-0.05, 0) is 42.9 Å². The van der Waals surface area contributed by atoms with Gasteiger partial charge in [0.15, 0.2) is 6.61 Å². The molecule has 0 bridgehead atoms. The number of benzene rings is 1. The van der Waals surface area contributed by atoms with Gasteiger partial charge in [-0.25, -0.2) is 0 Å². The van der Waals surface area contributed by atoms with Crippen LogP contribution in [0.1, 0.15) is 43.5 Å². The summed E-state index contributed by atoms with van der Waals surface area (Å²) in [5, 5.41) is 5.79. The normalized spacial score (nSPS) is 23.0. The summed E-state index contributed by atoms with van der Waals surface area (Å²) in [7, 11) is 0. The number of amides is 2. The first-order valence-electron chi connectivity index (χ1n) is 7.30. The van der Waals surface area contributed by atoms with Gasteiger partial charge in [0.05, 0.1) is 5.69 Å². The molecule has 21 heavy (non-hydrogen) atoms. The third-order valence-corrected chi connectivity index (χ3v) is 4.18. The largest absolute Gasteiger partial charge is 0.482 e. The first-order valence-corrected chi connectivity index (χ1v) is 7.30. The van der Waals surface area contributed by atoms with Crippen molar-refractivity contribution in [1.29, 1.82) is 0 Å². The van der Waals surface area contributed by atoms with Crippen LogP contribution in [-0.2, 0) is 4.79 Å². The SMILES string of the molecule is CC1(C)CCC(NC(=O)c2ccc3c(c2)NC(=O)CO3)C1. The van der Waals surface area contributed by atoms with Gasteiger partial charge in [0.1, 0.15) is 5.75 Å². The van der Waals surface area contributed by atoms with Crippen molar-refractivity contribution in [3.63, 3.8) is 0 Å². The van der Waals surface area contributed by atoms with Crippen LogP contribution in [0.25, 0.3) is 0 Å². The minimum absolute atomic E-state index is 0.0235. The number of carbonyl (C=O) groups excluding carboxylic acids is 2. The molecule has 1 saturated carbocycles. The molecule has 1 unspecified atom stereocenters. The number of hydrogen-bond donors (Lipinski definition) is 2. The van der Waals surface area contributed by atoms with Gasteiger partial charge in [0.2, 0.25) is 0 Å². The summed E-state index contributed by atoms with van der Waals surface area (Å²) in [6, 6.07) is 5.35. The minimum atomic E-state index is -0.197. The fourth-order valence-corrected chi connectivity index (χ4v) is 3.05. The molecular weight excluding hydrogens is 268 g/mol.